The van der Waals surface area contributed by atoms with E-state index in [2.05, 4.69) is 9.62 Å². The van der Waals surface area contributed by atoms with Crippen LogP contribution in [-0.2, 0) is 21.3 Å². The van der Waals surface area contributed by atoms with Crippen molar-refractivity contribution in [1.29, 1.82) is 0 Å². The quantitative estimate of drug-likeness (QED) is 0.422. The molecule has 7 nitrogen and oxygen atoms in total. The van der Waals surface area contributed by atoms with Gasteiger partial charge in [0.15, 0.2) is 0 Å². The number of fused-ring (bicyclic) bond motifs is 1. The first-order chi connectivity index (χ1) is 15.8. The largest absolute Gasteiger partial charge is 0.423 e. The van der Waals surface area contributed by atoms with Gasteiger partial charge in [-0.25, -0.2) is 17.9 Å². The van der Waals surface area contributed by atoms with E-state index in [1.165, 1.54) is 24.3 Å². The minimum atomic E-state index is -3.63. The van der Waals surface area contributed by atoms with Crippen LogP contribution in [0.2, 0.25) is 0 Å². The number of ether oxygens (including phenoxy) is 2. The zero-order chi connectivity index (χ0) is 23.4. The van der Waals surface area contributed by atoms with Gasteiger partial charge in [0.1, 0.15) is 5.75 Å². The molecule has 0 aromatic heterocycles. The van der Waals surface area contributed by atoms with Crippen molar-refractivity contribution in [3.8, 4) is 5.75 Å². The molecule has 3 aromatic rings. The SMILES string of the molecule is CC(C)NS(=O)(=O)c1ccc(C(=O)Oc2ccc3ccccc3c2CN2CCOCC2)cc1. The van der Waals surface area contributed by atoms with Gasteiger partial charge in [-0.3, -0.25) is 4.90 Å². The molecule has 1 aliphatic heterocycles. The van der Waals surface area contributed by atoms with E-state index in [0.29, 0.717) is 25.5 Å². The molecule has 3 aromatic carbocycles. The second-order valence-corrected chi connectivity index (χ2v) is 10.1. The Morgan fingerprint density at radius 2 is 1.73 bits per heavy atom. The van der Waals surface area contributed by atoms with Crippen LogP contribution in [0.25, 0.3) is 10.8 Å². The number of hydrogen-bond acceptors (Lipinski definition) is 6. The lowest BCUT2D eigenvalue weighted by Crippen LogP contribution is -2.35. The highest BCUT2D eigenvalue weighted by atomic mass is 32.2. The van der Waals surface area contributed by atoms with Crippen LogP contribution in [-0.4, -0.2) is 51.6 Å². The number of carbonyl (C=O) groups excluding carboxylic acids is 1. The predicted molar refractivity (Wildman–Crippen MR) is 127 cm³/mol. The van der Waals surface area contributed by atoms with E-state index in [0.717, 1.165) is 29.4 Å². The second-order valence-electron chi connectivity index (χ2n) is 8.34. The lowest BCUT2D eigenvalue weighted by Gasteiger charge is -2.27. The topological polar surface area (TPSA) is 84.9 Å². The van der Waals surface area contributed by atoms with Crippen LogP contribution in [0.15, 0.2) is 65.6 Å². The van der Waals surface area contributed by atoms with Crippen LogP contribution in [0.4, 0.5) is 0 Å². The average Bonchev–Trinajstić information content (AvgIpc) is 2.80. The van der Waals surface area contributed by atoms with Gasteiger partial charge in [0.05, 0.1) is 23.7 Å². The molecule has 0 radical (unpaired) electrons. The normalized spacial score (nSPS) is 15.1. The lowest BCUT2D eigenvalue weighted by molar-refractivity contribution is 0.0339. The Morgan fingerprint density at radius 3 is 2.42 bits per heavy atom. The maximum Gasteiger partial charge on any atom is 0.343 e. The van der Waals surface area contributed by atoms with Crippen molar-refractivity contribution in [3.05, 3.63) is 71.8 Å². The lowest BCUT2D eigenvalue weighted by atomic mass is 10.0. The van der Waals surface area contributed by atoms with E-state index in [1.54, 1.807) is 13.8 Å². The van der Waals surface area contributed by atoms with Gasteiger partial charge in [0.2, 0.25) is 10.0 Å². The number of nitrogens with one attached hydrogen (secondary N) is 1. The highest BCUT2D eigenvalue weighted by Crippen LogP contribution is 2.30. The Labute approximate surface area is 194 Å². The molecule has 0 aliphatic carbocycles. The summed E-state index contributed by atoms with van der Waals surface area (Å²) >= 11 is 0. The molecule has 1 saturated heterocycles. The van der Waals surface area contributed by atoms with Crippen LogP contribution in [0, 0.1) is 0 Å². The maximum atomic E-state index is 12.9. The molecule has 4 rings (SSSR count). The molecule has 8 heteroatoms. The molecule has 0 bridgehead atoms. The molecule has 0 saturated carbocycles. The van der Waals surface area contributed by atoms with Gasteiger partial charge in [-0.2, -0.15) is 0 Å². The van der Waals surface area contributed by atoms with Gasteiger partial charge in [-0.1, -0.05) is 30.3 Å². The fourth-order valence-corrected chi connectivity index (χ4v) is 5.12. The van der Waals surface area contributed by atoms with Crippen molar-refractivity contribution in [1.82, 2.24) is 9.62 Å². The Hall–Kier alpha value is -2.78. The summed E-state index contributed by atoms with van der Waals surface area (Å²) in [5, 5.41) is 2.11. The van der Waals surface area contributed by atoms with E-state index >= 15 is 0 Å². The summed E-state index contributed by atoms with van der Waals surface area (Å²) in [5.74, 6) is -0.0300. The summed E-state index contributed by atoms with van der Waals surface area (Å²) in [7, 11) is -3.63. The number of morpholine rings is 1. The van der Waals surface area contributed by atoms with E-state index < -0.39 is 16.0 Å². The predicted octanol–water partition coefficient (Wildman–Crippen LogP) is 3.58. The number of carbonyl (C=O) groups is 1. The third-order valence-corrected chi connectivity index (χ3v) is 7.15. The summed E-state index contributed by atoms with van der Waals surface area (Å²) in [6.45, 7) is 7.14. The molecule has 33 heavy (non-hydrogen) atoms. The molecule has 1 N–H and O–H groups in total. The minimum absolute atomic E-state index is 0.103. The van der Waals surface area contributed by atoms with E-state index in [9.17, 15) is 13.2 Å². The summed E-state index contributed by atoms with van der Waals surface area (Å²) in [6, 6.07) is 17.3. The highest BCUT2D eigenvalue weighted by molar-refractivity contribution is 7.89. The number of hydrogen-bond donors (Lipinski definition) is 1. The molecule has 174 valence electrons. The Bertz CT molecular complexity index is 1230. The number of benzene rings is 3. The molecule has 1 fully saturated rings. The van der Waals surface area contributed by atoms with E-state index in [-0.39, 0.29) is 16.5 Å². The maximum absolute atomic E-state index is 12.9. The van der Waals surface area contributed by atoms with Crippen molar-refractivity contribution in [3.63, 3.8) is 0 Å². The molecule has 0 atom stereocenters. The standard InChI is InChI=1S/C25H28N2O5S/c1-18(2)26-33(29,30)21-10-7-20(8-11-21)25(28)32-24-12-9-19-5-3-4-6-22(19)23(24)17-27-13-15-31-16-14-27/h3-12,18,26H,13-17H2,1-2H3. The second kappa shape index (κ2) is 10.0. The van der Waals surface area contributed by atoms with Crippen LogP contribution in [0.1, 0.15) is 29.8 Å². The average molecular weight is 469 g/mol. The van der Waals surface area contributed by atoms with E-state index in [1.807, 2.05) is 36.4 Å². The monoisotopic (exact) mass is 468 g/mol. The van der Waals surface area contributed by atoms with Gasteiger partial charge in [-0.05, 0) is 55.0 Å². The van der Waals surface area contributed by atoms with Gasteiger partial charge < -0.3 is 9.47 Å². The first kappa shape index (κ1) is 23.4. The Kier molecular flexibility index (Phi) is 7.09. The van der Waals surface area contributed by atoms with Crippen molar-refractivity contribution in [2.45, 2.75) is 31.3 Å². The third kappa shape index (κ3) is 5.59. The summed E-state index contributed by atoms with van der Waals surface area (Å²) in [4.78, 5) is 15.3. The third-order valence-electron chi connectivity index (χ3n) is 5.48. The highest BCUT2D eigenvalue weighted by Gasteiger charge is 2.20. The van der Waals surface area contributed by atoms with E-state index in [4.69, 9.17) is 9.47 Å². The Morgan fingerprint density at radius 1 is 1.03 bits per heavy atom. The van der Waals surface area contributed by atoms with Crippen LogP contribution in [0.5, 0.6) is 5.75 Å². The fraction of sp³-hybridized carbons (Fsp3) is 0.320. The summed E-state index contributed by atoms with van der Waals surface area (Å²) in [6.07, 6.45) is 0. The number of sulfonamides is 1. The zero-order valence-corrected chi connectivity index (χ0v) is 19.6. The van der Waals surface area contributed by atoms with Crippen molar-refractivity contribution < 1.29 is 22.7 Å². The van der Waals surface area contributed by atoms with Crippen LogP contribution < -0.4 is 9.46 Å². The molecule has 1 heterocycles. The van der Waals surface area contributed by atoms with Crippen LogP contribution >= 0.6 is 0 Å². The van der Waals surface area contributed by atoms with Crippen molar-refractivity contribution >= 4 is 26.8 Å². The summed E-state index contributed by atoms with van der Waals surface area (Å²) < 4.78 is 38.5. The van der Waals surface area contributed by atoms with Crippen molar-refractivity contribution in [2.24, 2.45) is 0 Å². The fourth-order valence-electron chi connectivity index (χ4n) is 3.86. The van der Waals surface area contributed by atoms with Gasteiger partial charge >= 0.3 is 5.97 Å². The van der Waals surface area contributed by atoms with Gasteiger partial charge in [-0.15, -0.1) is 0 Å². The number of rotatable bonds is 7. The minimum Gasteiger partial charge on any atom is -0.423 e. The number of esters is 1. The van der Waals surface area contributed by atoms with Gasteiger partial charge in [0.25, 0.3) is 0 Å². The molecular formula is C25H28N2O5S. The molecular weight excluding hydrogens is 440 g/mol. The van der Waals surface area contributed by atoms with Gasteiger partial charge in [0, 0.05) is 31.2 Å². The van der Waals surface area contributed by atoms with Crippen molar-refractivity contribution in [2.75, 3.05) is 26.3 Å². The Balaban J connectivity index is 1.59. The first-order valence-electron chi connectivity index (χ1n) is 11.0. The van der Waals surface area contributed by atoms with Crippen LogP contribution in [0.3, 0.4) is 0 Å². The zero-order valence-electron chi connectivity index (χ0n) is 18.8. The molecule has 0 unspecified atom stereocenters. The molecule has 1 aliphatic rings. The molecule has 0 amide bonds. The first-order valence-corrected chi connectivity index (χ1v) is 12.5. The smallest absolute Gasteiger partial charge is 0.343 e. The molecule has 0 spiro atoms. The number of nitrogens with zero attached hydrogens (tertiary/aromatic N) is 1. The summed E-state index contributed by atoms with van der Waals surface area (Å²) in [5.41, 5.74) is 1.23.